The molecule has 7 atom stereocenters. The monoisotopic (exact) mass is 524 g/mol. The molecule has 1 spiro atoms. The van der Waals surface area contributed by atoms with Crippen LogP contribution in [0.15, 0.2) is 54.6 Å². The lowest BCUT2D eigenvalue weighted by atomic mass is 9.74. The van der Waals surface area contributed by atoms with Crippen LogP contribution in [0, 0.1) is 11.8 Å². The summed E-state index contributed by atoms with van der Waals surface area (Å²) >= 11 is 1.53. The van der Waals surface area contributed by atoms with E-state index in [-0.39, 0.29) is 31.1 Å². The molecule has 198 valence electrons. The van der Waals surface area contributed by atoms with E-state index in [1.54, 1.807) is 4.90 Å². The van der Waals surface area contributed by atoms with Crippen molar-refractivity contribution in [2.24, 2.45) is 11.8 Å². The molecule has 0 saturated carbocycles. The lowest BCUT2D eigenvalue weighted by Crippen LogP contribution is -2.56. The number of nitrogens with zero attached hydrogens (tertiary/aromatic N) is 2. The quantitative estimate of drug-likeness (QED) is 0.453. The fourth-order valence-corrected chi connectivity index (χ4v) is 8.92. The van der Waals surface area contributed by atoms with E-state index < -0.39 is 39.4 Å². The van der Waals surface area contributed by atoms with Crippen LogP contribution in [-0.4, -0.2) is 74.0 Å². The molecule has 5 rings (SSSR count). The molecular weight excluding hydrogens is 488 g/mol. The minimum Gasteiger partial charge on any atom is -0.465 e. The van der Waals surface area contributed by atoms with Gasteiger partial charge in [-0.05, 0) is 32.3 Å². The van der Waals surface area contributed by atoms with Crippen molar-refractivity contribution in [3.63, 3.8) is 0 Å². The number of aliphatic hydroxyl groups excluding tert-OH is 1. The third-order valence-corrected chi connectivity index (χ3v) is 10.2. The maximum absolute atomic E-state index is 14.5. The van der Waals surface area contributed by atoms with Gasteiger partial charge in [-0.15, -0.1) is 11.8 Å². The summed E-state index contributed by atoms with van der Waals surface area (Å²) in [5.74, 6) is -2.30. The van der Waals surface area contributed by atoms with E-state index in [4.69, 9.17) is 4.74 Å². The molecule has 2 unspecified atom stereocenters. The van der Waals surface area contributed by atoms with Crippen molar-refractivity contribution < 1.29 is 24.2 Å². The van der Waals surface area contributed by atoms with Gasteiger partial charge in [0, 0.05) is 17.3 Å². The van der Waals surface area contributed by atoms with E-state index in [0.717, 1.165) is 18.4 Å². The topological polar surface area (TPSA) is 87.2 Å². The summed E-state index contributed by atoms with van der Waals surface area (Å²) < 4.78 is 3.96. The predicted molar refractivity (Wildman–Crippen MR) is 143 cm³/mol. The second kappa shape index (κ2) is 9.95. The number of ether oxygens (including phenoxy) is 1. The van der Waals surface area contributed by atoms with Gasteiger partial charge in [0.2, 0.25) is 11.8 Å². The van der Waals surface area contributed by atoms with Crippen molar-refractivity contribution in [2.75, 3.05) is 19.8 Å². The van der Waals surface area contributed by atoms with Crippen molar-refractivity contribution in [1.82, 2.24) is 9.80 Å². The molecule has 7 nitrogen and oxygen atoms in total. The molecule has 1 aromatic carbocycles. The van der Waals surface area contributed by atoms with Crippen LogP contribution < -0.4 is 0 Å². The Morgan fingerprint density at radius 3 is 2.57 bits per heavy atom. The molecule has 4 aliphatic heterocycles. The zero-order chi connectivity index (χ0) is 26.4. The van der Waals surface area contributed by atoms with E-state index in [0.29, 0.717) is 13.0 Å². The molecule has 0 bridgehead atoms. The van der Waals surface area contributed by atoms with E-state index in [9.17, 15) is 19.5 Å². The Labute approximate surface area is 222 Å². The summed E-state index contributed by atoms with van der Waals surface area (Å²) in [6.07, 6.45) is 10.5. The van der Waals surface area contributed by atoms with Gasteiger partial charge < -0.3 is 19.6 Å². The Bertz CT molecular complexity index is 1120. The minimum atomic E-state index is -0.954. The molecular formula is C29H36N2O5S. The van der Waals surface area contributed by atoms with Gasteiger partial charge in [0.15, 0.2) is 0 Å². The first-order valence-electron chi connectivity index (χ1n) is 13.3. The number of cyclic esters (lactones) is 1. The van der Waals surface area contributed by atoms with Crippen molar-refractivity contribution in [2.45, 2.75) is 67.7 Å². The molecule has 8 heteroatoms. The predicted octanol–water partition coefficient (Wildman–Crippen LogP) is 3.50. The van der Waals surface area contributed by atoms with Crippen LogP contribution in [-0.2, 0) is 19.1 Å². The largest absolute Gasteiger partial charge is 0.465 e. The first-order valence-corrected chi connectivity index (χ1v) is 14.1. The molecule has 0 aliphatic carbocycles. The number of benzene rings is 1. The highest BCUT2D eigenvalue weighted by Crippen LogP contribution is 2.66. The van der Waals surface area contributed by atoms with Crippen LogP contribution in [0.3, 0.4) is 0 Å². The first-order chi connectivity index (χ1) is 17.8. The number of carbonyl (C=O) groups excluding carboxylic acids is 3. The summed E-state index contributed by atoms with van der Waals surface area (Å²) in [5.41, 5.74) is 0.760. The molecule has 2 amide bonds. The number of esters is 1. The number of amides is 2. The summed E-state index contributed by atoms with van der Waals surface area (Å²) in [4.78, 5) is 45.9. The first kappa shape index (κ1) is 26.0. The second-order valence-electron chi connectivity index (χ2n) is 10.7. The number of hydrogen-bond acceptors (Lipinski definition) is 6. The van der Waals surface area contributed by atoms with Crippen LogP contribution in [0.1, 0.15) is 51.6 Å². The smallest absolute Gasteiger partial charge is 0.311 e. The Hall–Kier alpha value is -2.58. The van der Waals surface area contributed by atoms with Crippen LogP contribution in [0.2, 0.25) is 0 Å². The standard InChI is InChI=1S/C29H36N2O5S/c1-4-11-19(2)30-16-10-15-29-22(23-27(35)36-17-9-8-14-28(23,3)37-29)25(33)31(24(29)26(30)34)21(18-32)20-12-6-5-7-13-20/h5-8,10,12-15,19,21-24,32H,4,9,11,16-18H2,1-3H3/t19?,21-,22+,23-,24?,28+,29+/m1/s1. The molecule has 1 N–H and O–H groups in total. The van der Waals surface area contributed by atoms with E-state index >= 15 is 0 Å². The van der Waals surface area contributed by atoms with Crippen molar-refractivity contribution >= 4 is 29.5 Å². The zero-order valence-corrected chi connectivity index (χ0v) is 22.5. The lowest BCUT2D eigenvalue weighted by molar-refractivity contribution is -0.155. The number of carbonyl (C=O) groups is 3. The average Bonchev–Trinajstić information content (AvgIpc) is 3.19. The van der Waals surface area contributed by atoms with Gasteiger partial charge in [-0.2, -0.15) is 0 Å². The van der Waals surface area contributed by atoms with Gasteiger partial charge in [-0.1, -0.05) is 68.0 Å². The van der Waals surface area contributed by atoms with Gasteiger partial charge in [-0.3, -0.25) is 14.4 Å². The van der Waals surface area contributed by atoms with Gasteiger partial charge in [0.05, 0.1) is 35.8 Å². The van der Waals surface area contributed by atoms with Gasteiger partial charge in [-0.25, -0.2) is 0 Å². The number of thioether (sulfide) groups is 1. The molecule has 4 heterocycles. The highest BCUT2D eigenvalue weighted by molar-refractivity contribution is 8.02. The normalized spacial score (nSPS) is 34.7. The minimum absolute atomic E-state index is 0.00173. The van der Waals surface area contributed by atoms with Crippen LogP contribution in [0.5, 0.6) is 0 Å². The Morgan fingerprint density at radius 2 is 1.86 bits per heavy atom. The molecule has 0 aromatic heterocycles. The van der Waals surface area contributed by atoms with E-state index in [2.05, 4.69) is 6.92 Å². The number of fused-ring (bicyclic) bond motifs is 2. The van der Waals surface area contributed by atoms with Crippen LogP contribution >= 0.6 is 11.8 Å². The molecule has 37 heavy (non-hydrogen) atoms. The van der Waals surface area contributed by atoms with Crippen molar-refractivity contribution in [3.05, 3.63) is 60.2 Å². The molecule has 4 aliphatic rings. The number of aliphatic hydroxyl groups is 1. The summed E-state index contributed by atoms with van der Waals surface area (Å²) in [7, 11) is 0. The zero-order valence-electron chi connectivity index (χ0n) is 21.7. The Morgan fingerprint density at radius 1 is 1.11 bits per heavy atom. The maximum atomic E-state index is 14.5. The van der Waals surface area contributed by atoms with Gasteiger partial charge in [0.25, 0.3) is 0 Å². The van der Waals surface area contributed by atoms with E-state index in [1.165, 1.54) is 11.8 Å². The van der Waals surface area contributed by atoms with Crippen LogP contribution in [0.25, 0.3) is 0 Å². The SMILES string of the molecule is CCCC(C)N1CC=C[C@]23S[C@@]4(C)C=CCCOC(=O)[C@H]4[C@H]2C(=O)N([C@H](CO)c2ccccc2)C3C1=O. The highest BCUT2D eigenvalue weighted by Gasteiger charge is 2.74. The Balaban J connectivity index is 1.69. The average molecular weight is 525 g/mol. The fraction of sp³-hybridized carbons (Fsp3) is 0.552. The number of hydrogen-bond donors (Lipinski definition) is 1. The lowest BCUT2D eigenvalue weighted by Gasteiger charge is -2.41. The van der Waals surface area contributed by atoms with Gasteiger partial charge >= 0.3 is 5.97 Å². The van der Waals surface area contributed by atoms with E-state index in [1.807, 2.05) is 73.4 Å². The highest BCUT2D eigenvalue weighted by atomic mass is 32.2. The molecule has 1 aromatic rings. The fourth-order valence-electron chi connectivity index (χ4n) is 6.78. The van der Waals surface area contributed by atoms with Crippen molar-refractivity contribution in [1.29, 1.82) is 0 Å². The Kier molecular flexibility index (Phi) is 7.00. The summed E-state index contributed by atoms with van der Waals surface area (Å²) in [6.45, 7) is 6.52. The third kappa shape index (κ3) is 4.04. The number of rotatable bonds is 6. The molecule has 2 fully saturated rings. The second-order valence-corrected chi connectivity index (χ2v) is 12.5. The number of likely N-dealkylation sites (tertiary alicyclic amines) is 1. The summed E-state index contributed by atoms with van der Waals surface area (Å²) in [6, 6.07) is 7.79. The van der Waals surface area contributed by atoms with Crippen molar-refractivity contribution in [3.8, 4) is 0 Å². The molecule has 2 saturated heterocycles. The van der Waals surface area contributed by atoms with Crippen LogP contribution in [0.4, 0.5) is 0 Å². The molecule has 0 radical (unpaired) electrons. The summed E-state index contributed by atoms with van der Waals surface area (Å²) in [5, 5.41) is 10.6. The van der Waals surface area contributed by atoms with Gasteiger partial charge in [0.1, 0.15) is 6.04 Å². The third-order valence-electron chi connectivity index (χ3n) is 8.42. The maximum Gasteiger partial charge on any atom is 0.311 e.